The molecule has 0 spiro atoms. The van der Waals surface area contributed by atoms with Crippen molar-refractivity contribution in [2.45, 2.75) is 30.6 Å². The van der Waals surface area contributed by atoms with Crippen LogP contribution in [-0.4, -0.2) is 71.0 Å². The van der Waals surface area contributed by atoms with Crippen molar-refractivity contribution < 1.29 is 29.9 Å². The average Bonchev–Trinajstić information content (AvgIpc) is 2.51. The molecule has 21 heavy (non-hydrogen) atoms. The lowest BCUT2D eigenvalue weighted by molar-refractivity contribution is -0.248. The van der Waals surface area contributed by atoms with Crippen molar-refractivity contribution in [3.63, 3.8) is 0 Å². The fourth-order valence-electron chi connectivity index (χ4n) is 2.11. The molecular formula is C14H19NO6. The predicted molar refractivity (Wildman–Crippen MR) is 74.4 cm³/mol. The van der Waals surface area contributed by atoms with Crippen molar-refractivity contribution in [3.05, 3.63) is 29.8 Å². The molecule has 1 heterocycles. The highest BCUT2D eigenvalue weighted by atomic mass is 16.6. The van der Waals surface area contributed by atoms with Crippen molar-refractivity contribution >= 4 is 6.21 Å². The van der Waals surface area contributed by atoms with E-state index in [1.54, 1.807) is 31.4 Å². The van der Waals surface area contributed by atoms with Crippen molar-refractivity contribution in [1.82, 2.24) is 0 Å². The Balaban J connectivity index is 2.08. The number of aliphatic hydroxyl groups is 4. The van der Waals surface area contributed by atoms with Gasteiger partial charge < -0.3 is 29.9 Å². The molecule has 0 radical (unpaired) electrons. The first-order valence-electron chi connectivity index (χ1n) is 6.54. The van der Waals surface area contributed by atoms with E-state index in [4.69, 9.17) is 14.6 Å². The fraction of sp³-hybridized carbons (Fsp3) is 0.500. The van der Waals surface area contributed by atoms with Gasteiger partial charge in [0, 0.05) is 6.21 Å². The number of benzene rings is 1. The van der Waals surface area contributed by atoms with Gasteiger partial charge in [0.25, 0.3) is 0 Å². The van der Waals surface area contributed by atoms with Crippen molar-refractivity contribution in [2.24, 2.45) is 4.99 Å². The zero-order valence-corrected chi connectivity index (χ0v) is 11.5. The van der Waals surface area contributed by atoms with Crippen LogP contribution in [0.3, 0.4) is 0 Å². The van der Waals surface area contributed by atoms with Crippen LogP contribution in [0.4, 0.5) is 0 Å². The summed E-state index contributed by atoms with van der Waals surface area (Å²) >= 11 is 0. The second kappa shape index (κ2) is 6.97. The molecule has 1 aliphatic rings. The molecule has 1 fully saturated rings. The average molecular weight is 297 g/mol. The zero-order chi connectivity index (χ0) is 15.4. The summed E-state index contributed by atoms with van der Waals surface area (Å²) in [5.41, 5.74) is 0.744. The summed E-state index contributed by atoms with van der Waals surface area (Å²) in [5.74, 6) is 0.703. The normalized spacial score (nSPS) is 33.3. The summed E-state index contributed by atoms with van der Waals surface area (Å²) in [6.45, 7) is -0.496. The maximum absolute atomic E-state index is 9.93. The van der Waals surface area contributed by atoms with E-state index >= 15 is 0 Å². The number of hydrogen-bond acceptors (Lipinski definition) is 7. The van der Waals surface area contributed by atoms with Gasteiger partial charge in [-0.1, -0.05) is 0 Å². The summed E-state index contributed by atoms with van der Waals surface area (Å²) in [4.78, 5) is 4.06. The molecule has 0 bridgehead atoms. The molecule has 2 rings (SSSR count). The van der Waals surface area contributed by atoms with Crippen LogP contribution in [0.25, 0.3) is 0 Å². The molecule has 5 atom stereocenters. The first-order valence-corrected chi connectivity index (χ1v) is 6.54. The Morgan fingerprint density at radius 2 is 1.86 bits per heavy atom. The van der Waals surface area contributed by atoms with Crippen LogP contribution in [0.5, 0.6) is 5.75 Å². The second-order valence-electron chi connectivity index (χ2n) is 4.77. The van der Waals surface area contributed by atoms with E-state index in [2.05, 4.69) is 4.99 Å². The van der Waals surface area contributed by atoms with Gasteiger partial charge >= 0.3 is 0 Å². The number of ether oxygens (including phenoxy) is 2. The van der Waals surface area contributed by atoms with Gasteiger partial charge in [-0.25, -0.2) is 0 Å². The molecule has 3 unspecified atom stereocenters. The summed E-state index contributed by atoms with van der Waals surface area (Å²) < 4.78 is 10.1. The number of methoxy groups -OCH3 is 1. The van der Waals surface area contributed by atoms with E-state index in [-0.39, 0.29) is 0 Å². The fourth-order valence-corrected chi connectivity index (χ4v) is 2.11. The third-order valence-electron chi connectivity index (χ3n) is 3.38. The Morgan fingerprint density at radius 3 is 2.43 bits per heavy atom. The quantitative estimate of drug-likeness (QED) is 0.526. The van der Waals surface area contributed by atoms with Crippen LogP contribution >= 0.6 is 0 Å². The van der Waals surface area contributed by atoms with E-state index in [0.29, 0.717) is 5.75 Å². The zero-order valence-electron chi connectivity index (χ0n) is 11.5. The third kappa shape index (κ3) is 3.58. The molecule has 1 aromatic rings. The first-order chi connectivity index (χ1) is 10.1. The minimum absolute atomic E-state index is 0.496. The number of aliphatic hydroxyl groups excluding tert-OH is 4. The van der Waals surface area contributed by atoms with Crippen LogP contribution in [0.2, 0.25) is 0 Å². The standard InChI is InChI=1S/C14H19NO6/c1-20-9-4-2-8(3-5-9)6-15-11-13(18)12(17)10(7-16)21-14(11)19/h2-6,10-14,16-19H,7H2,1H3/b15-6+/t10?,11-,12+,13?,14?/m0/s1. The smallest absolute Gasteiger partial charge is 0.180 e. The topological polar surface area (TPSA) is 112 Å². The molecular weight excluding hydrogens is 278 g/mol. The molecule has 4 N–H and O–H groups in total. The van der Waals surface area contributed by atoms with Gasteiger partial charge in [-0.15, -0.1) is 0 Å². The number of nitrogens with zero attached hydrogens (tertiary/aromatic N) is 1. The molecule has 0 aliphatic carbocycles. The summed E-state index contributed by atoms with van der Waals surface area (Å²) in [7, 11) is 1.56. The third-order valence-corrected chi connectivity index (χ3v) is 3.38. The van der Waals surface area contributed by atoms with E-state index in [1.807, 2.05) is 0 Å². The Morgan fingerprint density at radius 1 is 1.19 bits per heavy atom. The van der Waals surface area contributed by atoms with Crippen molar-refractivity contribution in [3.8, 4) is 5.75 Å². The lowest BCUT2D eigenvalue weighted by Gasteiger charge is -2.38. The molecule has 116 valence electrons. The molecule has 7 heteroatoms. The van der Waals surface area contributed by atoms with Crippen LogP contribution in [0, 0.1) is 0 Å². The van der Waals surface area contributed by atoms with Gasteiger partial charge in [0.15, 0.2) is 6.29 Å². The van der Waals surface area contributed by atoms with E-state index in [9.17, 15) is 15.3 Å². The van der Waals surface area contributed by atoms with Gasteiger partial charge in [-0.3, -0.25) is 4.99 Å². The van der Waals surface area contributed by atoms with Gasteiger partial charge in [0.1, 0.15) is 30.1 Å². The Kier molecular flexibility index (Phi) is 5.27. The lowest BCUT2D eigenvalue weighted by atomic mass is 9.97. The van der Waals surface area contributed by atoms with Gasteiger partial charge in [-0.05, 0) is 29.8 Å². The van der Waals surface area contributed by atoms with Crippen LogP contribution < -0.4 is 4.74 Å². The van der Waals surface area contributed by atoms with Crippen LogP contribution in [0.1, 0.15) is 5.56 Å². The number of hydrogen-bond donors (Lipinski definition) is 4. The summed E-state index contributed by atoms with van der Waals surface area (Å²) in [5, 5.41) is 38.5. The lowest BCUT2D eigenvalue weighted by Crippen LogP contribution is -2.57. The van der Waals surface area contributed by atoms with Crippen molar-refractivity contribution in [2.75, 3.05) is 13.7 Å². The monoisotopic (exact) mass is 297 g/mol. The van der Waals surface area contributed by atoms with E-state index in [0.717, 1.165) is 5.56 Å². The molecule has 0 saturated carbocycles. The van der Waals surface area contributed by atoms with Crippen LogP contribution in [0.15, 0.2) is 29.3 Å². The van der Waals surface area contributed by atoms with Crippen molar-refractivity contribution in [1.29, 1.82) is 0 Å². The maximum Gasteiger partial charge on any atom is 0.180 e. The number of rotatable bonds is 4. The molecule has 1 aromatic carbocycles. The van der Waals surface area contributed by atoms with Gasteiger partial charge in [0.05, 0.1) is 13.7 Å². The highest BCUT2D eigenvalue weighted by Crippen LogP contribution is 2.22. The molecule has 0 aromatic heterocycles. The highest BCUT2D eigenvalue weighted by Gasteiger charge is 2.43. The SMILES string of the molecule is COc1ccc(/C=N/[C@@H]2C(O)OC(CO)[C@@H](O)C2O)cc1. The Labute approximate surface area is 122 Å². The summed E-state index contributed by atoms with van der Waals surface area (Å²) in [6, 6.07) is 6.00. The minimum atomic E-state index is -1.39. The van der Waals surface area contributed by atoms with E-state index < -0.39 is 37.3 Å². The second-order valence-corrected chi connectivity index (χ2v) is 4.77. The Hall–Kier alpha value is -1.51. The maximum atomic E-state index is 9.93. The van der Waals surface area contributed by atoms with E-state index in [1.165, 1.54) is 6.21 Å². The number of aliphatic imine (C=N–C) groups is 1. The first kappa shape index (κ1) is 15.9. The Bertz CT molecular complexity index is 477. The molecule has 1 aliphatic heterocycles. The molecule has 1 saturated heterocycles. The highest BCUT2D eigenvalue weighted by molar-refractivity contribution is 5.79. The summed E-state index contributed by atoms with van der Waals surface area (Å²) in [6.07, 6.45) is -3.58. The minimum Gasteiger partial charge on any atom is -0.497 e. The van der Waals surface area contributed by atoms with Gasteiger partial charge in [-0.2, -0.15) is 0 Å². The predicted octanol–water partition coefficient (Wildman–Crippen LogP) is -1.09. The van der Waals surface area contributed by atoms with Gasteiger partial charge in [0.2, 0.25) is 0 Å². The molecule has 7 nitrogen and oxygen atoms in total. The largest absolute Gasteiger partial charge is 0.497 e. The van der Waals surface area contributed by atoms with Crippen LogP contribution in [-0.2, 0) is 4.74 Å². The molecule has 0 amide bonds.